The van der Waals surface area contributed by atoms with E-state index in [1.807, 2.05) is 0 Å². The van der Waals surface area contributed by atoms with Crippen molar-refractivity contribution in [1.29, 1.82) is 0 Å². The molecule has 2 N–H and O–H groups in total. The molecule has 1 aliphatic carbocycles. The molecule has 0 aromatic heterocycles. The molecule has 0 aliphatic heterocycles. The lowest BCUT2D eigenvalue weighted by atomic mass is 9.69. The Hall–Kier alpha value is -0.640. The molecule has 0 amide bonds. The van der Waals surface area contributed by atoms with Gasteiger partial charge in [-0.15, -0.1) is 0 Å². The van der Waals surface area contributed by atoms with E-state index in [0.717, 1.165) is 0 Å². The highest BCUT2D eigenvalue weighted by Gasteiger charge is 2.48. The first kappa shape index (κ1) is 9.45. The van der Waals surface area contributed by atoms with E-state index in [9.17, 15) is 9.18 Å². The van der Waals surface area contributed by atoms with Gasteiger partial charge < -0.3 is 10.5 Å². The molecule has 1 fully saturated rings. The van der Waals surface area contributed by atoms with Crippen LogP contribution >= 0.6 is 0 Å². The summed E-state index contributed by atoms with van der Waals surface area (Å²) in [6, 6.07) is 0. The van der Waals surface area contributed by atoms with Crippen molar-refractivity contribution in [2.45, 2.75) is 25.3 Å². The predicted octanol–water partition coefficient (Wildman–Crippen LogP) is 0.626. The zero-order valence-electron chi connectivity index (χ0n) is 7.18. The molecule has 0 radical (unpaired) electrons. The first-order valence-electron chi connectivity index (χ1n) is 4.14. The third-order valence-corrected chi connectivity index (χ3v) is 2.21. The van der Waals surface area contributed by atoms with E-state index in [4.69, 9.17) is 10.5 Å². The van der Waals surface area contributed by atoms with Gasteiger partial charge in [-0.05, 0) is 25.7 Å². The van der Waals surface area contributed by atoms with Gasteiger partial charge in [0, 0.05) is 0 Å². The molecule has 0 unspecified atom stereocenters. The molecule has 0 spiro atoms. The quantitative estimate of drug-likeness (QED) is 0.640. The Morgan fingerprint density at radius 2 is 2.33 bits per heavy atom. The molecule has 12 heavy (non-hydrogen) atoms. The molecule has 0 saturated heterocycles. The van der Waals surface area contributed by atoms with E-state index in [0.29, 0.717) is 19.4 Å². The minimum Gasteiger partial charge on any atom is -0.465 e. The molecule has 0 aromatic carbocycles. The summed E-state index contributed by atoms with van der Waals surface area (Å²) in [5, 5.41) is 0. The van der Waals surface area contributed by atoms with Gasteiger partial charge in [-0.2, -0.15) is 0 Å². The second kappa shape index (κ2) is 3.39. The van der Waals surface area contributed by atoms with Crippen LogP contribution in [0.4, 0.5) is 4.39 Å². The number of hydrogen-bond acceptors (Lipinski definition) is 3. The zero-order valence-corrected chi connectivity index (χ0v) is 7.18. The van der Waals surface area contributed by atoms with Crippen LogP contribution in [0.25, 0.3) is 0 Å². The normalized spacial score (nSPS) is 34.1. The molecule has 3 nitrogen and oxygen atoms in total. The lowest BCUT2D eigenvalue weighted by Crippen LogP contribution is -2.59. The molecule has 1 saturated carbocycles. The van der Waals surface area contributed by atoms with Crippen LogP contribution in [-0.2, 0) is 9.53 Å². The highest BCUT2D eigenvalue weighted by molar-refractivity contribution is 5.81. The van der Waals surface area contributed by atoms with Crippen molar-refractivity contribution in [3.05, 3.63) is 0 Å². The van der Waals surface area contributed by atoms with E-state index < -0.39 is 18.2 Å². The second-order valence-corrected chi connectivity index (χ2v) is 3.31. The molecule has 0 bridgehead atoms. The van der Waals surface area contributed by atoms with Crippen LogP contribution in [0.15, 0.2) is 0 Å². The standard InChI is InChI=1S/C8H14FNO2/c1-2-12-7(11)8(10)3-6(4-8)5-9/h6H,2-5,10H2,1H3. The van der Waals surface area contributed by atoms with E-state index in [1.54, 1.807) is 6.92 Å². The molecule has 0 atom stereocenters. The summed E-state index contributed by atoms with van der Waals surface area (Å²) in [6.07, 6.45) is 0.838. The van der Waals surface area contributed by atoms with Crippen molar-refractivity contribution in [2.24, 2.45) is 11.7 Å². The second-order valence-electron chi connectivity index (χ2n) is 3.31. The number of nitrogens with two attached hydrogens (primary N) is 1. The lowest BCUT2D eigenvalue weighted by molar-refractivity contribution is -0.155. The molecule has 0 aromatic rings. The van der Waals surface area contributed by atoms with Gasteiger partial charge in [0.15, 0.2) is 0 Å². The van der Waals surface area contributed by atoms with Gasteiger partial charge in [0.25, 0.3) is 0 Å². The maximum atomic E-state index is 12.0. The van der Waals surface area contributed by atoms with Gasteiger partial charge in [-0.25, -0.2) is 0 Å². The van der Waals surface area contributed by atoms with Crippen LogP contribution in [-0.4, -0.2) is 24.8 Å². The van der Waals surface area contributed by atoms with Crippen LogP contribution in [0.1, 0.15) is 19.8 Å². The van der Waals surface area contributed by atoms with Crippen LogP contribution < -0.4 is 5.73 Å². The number of hydrogen-bond donors (Lipinski definition) is 1. The SMILES string of the molecule is CCOC(=O)C1(N)CC(CF)C1. The number of carbonyl (C=O) groups is 1. The average Bonchev–Trinajstić information content (AvgIpc) is 1.99. The van der Waals surface area contributed by atoms with Crippen LogP contribution in [0, 0.1) is 5.92 Å². The Morgan fingerprint density at radius 1 is 1.75 bits per heavy atom. The minimum atomic E-state index is -0.896. The van der Waals surface area contributed by atoms with E-state index in [1.165, 1.54) is 0 Å². The summed E-state index contributed by atoms with van der Waals surface area (Å²) in [6.45, 7) is 1.67. The molecule has 1 aliphatic rings. The number of alkyl halides is 1. The summed E-state index contributed by atoms with van der Waals surface area (Å²) in [5.74, 6) is -0.436. The van der Waals surface area contributed by atoms with Crippen molar-refractivity contribution in [2.75, 3.05) is 13.3 Å². The number of rotatable bonds is 3. The fraction of sp³-hybridized carbons (Fsp3) is 0.875. The number of halogens is 1. The van der Waals surface area contributed by atoms with Gasteiger partial charge in [0.1, 0.15) is 5.54 Å². The fourth-order valence-corrected chi connectivity index (χ4v) is 1.52. The number of esters is 1. The summed E-state index contributed by atoms with van der Waals surface area (Å²) >= 11 is 0. The summed E-state index contributed by atoms with van der Waals surface area (Å²) in [4.78, 5) is 11.1. The van der Waals surface area contributed by atoms with Gasteiger partial charge in [0.05, 0.1) is 13.3 Å². The zero-order chi connectivity index (χ0) is 9.19. The van der Waals surface area contributed by atoms with Crippen molar-refractivity contribution >= 4 is 5.97 Å². The van der Waals surface area contributed by atoms with E-state index in [2.05, 4.69) is 0 Å². The Labute approximate surface area is 71.1 Å². The molecule has 70 valence electrons. The van der Waals surface area contributed by atoms with Crippen molar-refractivity contribution in [3.63, 3.8) is 0 Å². The highest BCUT2D eigenvalue weighted by Crippen LogP contribution is 2.36. The maximum Gasteiger partial charge on any atom is 0.326 e. The van der Waals surface area contributed by atoms with Gasteiger partial charge >= 0.3 is 5.97 Å². The topological polar surface area (TPSA) is 52.3 Å². The molecular formula is C8H14FNO2. The smallest absolute Gasteiger partial charge is 0.326 e. The van der Waals surface area contributed by atoms with Crippen LogP contribution in [0.3, 0.4) is 0 Å². The summed E-state index contributed by atoms with van der Waals surface area (Å²) < 4.78 is 16.8. The first-order chi connectivity index (χ1) is 5.62. The Morgan fingerprint density at radius 3 is 2.75 bits per heavy atom. The van der Waals surface area contributed by atoms with Gasteiger partial charge in [-0.3, -0.25) is 9.18 Å². The molecular weight excluding hydrogens is 161 g/mol. The van der Waals surface area contributed by atoms with Gasteiger partial charge in [0.2, 0.25) is 0 Å². The highest BCUT2D eigenvalue weighted by atomic mass is 19.1. The predicted molar refractivity (Wildman–Crippen MR) is 42.3 cm³/mol. The summed E-state index contributed by atoms with van der Waals surface area (Å²) in [7, 11) is 0. The molecule has 4 heteroatoms. The fourth-order valence-electron chi connectivity index (χ4n) is 1.52. The lowest BCUT2D eigenvalue weighted by Gasteiger charge is -2.41. The minimum absolute atomic E-state index is 0.0422. The van der Waals surface area contributed by atoms with Crippen LogP contribution in [0.2, 0.25) is 0 Å². The van der Waals surface area contributed by atoms with Crippen LogP contribution in [0.5, 0.6) is 0 Å². The third kappa shape index (κ3) is 1.58. The van der Waals surface area contributed by atoms with Crippen molar-refractivity contribution in [3.8, 4) is 0 Å². The van der Waals surface area contributed by atoms with Crippen molar-refractivity contribution in [1.82, 2.24) is 0 Å². The Bertz CT molecular complexity index is 178. The maximum absolute atomic E-state index is 12.0. The van der Waals surface area contributed by atoms with E-state index in [-0.39, 0.29) is 5.92 Å². The Balaban J connectivity index is 2.38. The van der Waals surface area contributed by atoms with Crippen molar-refractivity contribution < 1.29 is 13.9 Å². The summed E-state index contributed by atoms with van der Waals surface area (Å²) in [5.41, 5.74) is 4.76. The van der Waals surface area contributed by atoms with E-state index >= 15 is 0 Å². The monoisotopic (exact) mass is 175 g/mol. The average molecular weight is 175 g/mol. The largest absolute Gasteiger partial charge is 0.465 e. The Kier molecular flexibility index (Phi) is 2.67. The van der Waals surface area contributed by atoms with Gasteiger partial charge in [-0.1, -0.05) is 0 Å². The third-order valence-electron chi connectivity index (χ3n) is 2.21. The number of ether oxygens (including phenoxy) is 1. The molecule has 0 heterocycles. The number of carbonyl (C=O) groups excluding carboxylic acids is 1. The first-order valence-corrected chi connectivity index (χ1v) is 4.14. The molecule has 1 rings (SSSR count).